The number of halogens is 3. The fourth-order valence-corrected chi connectivity index (χ4v) is 4.91. The van der Waals surface area contributed by atoms with E-state index in [4.69, 9.17) is 0 Å². The number of benzene rings is 3. The Morgan fingerprint density at radius 3 is 2.41 bits per heavy atom. The zero-order valence-corrected chi connectivity index (χ0v) is 18.8. The summed E-state index contributed by atoms with van der Waals surface area (Å²) >= 11 is 0. The van der Waals surface area contributed by atoms with E-state index in [1.807, 2.05) is 54.3 Å². The van der Waals surface area contributed by atoms with Gasteiger partial charge in [0.1, 0.15) is 0 Å². The van der Waals surface area contributed by atoms with Gasteiger partial charge in [-0.15, -0.1) is 0 Å². The highest BCUT2D eigenvalue weighted by Gasteiger charge is 2.31. The van der Waals surface area contributed by atoms with Gasteiger partial charge in [-0.2, -0.15) is 13.2 Å². The molecule has 1 aromatic heterocycles. The van der Waals surface area contributed by atoms with Crippen LogP contribution in [-0.4, -0.2) is 28.5 Å². The second kappa shape index (κ2) is 8.67. The Morgan fingerprint density at radius 2 is 1.68 bits per heavy atom. The molecule has 34 heavy (non-hydrogen) atoms. The van der Waals surface area contributed by atoms with Crippen LogP contribution in [0.5, 0.6) is 0 Å². The molecule has 1 aliphatic heterocycles. The first-order chi connectivity index (χ1) is 16.3. The fourth-order valence-electron chi connectivity index (χ4n) is 4.91. The Balaban J connectivity index is 1.40. The Labute approximate surface area is 196 Å². The average Bonchev–Trinajstić information content (AvgIpc) is 3.44. The van der Waals surface area contributed by atoms with E-state index in [1.54, 1.807) is 0 Å². The number of para-hydroxylation sites is 1. The van der Waals surface area contributed by atoms with Crippen molar-refractivity contribution >= 4 is 16.8 Å². The molecule has 0 aliphatic carbocycles. The molecule has 0 radical (unpaired) electrons. The lowest BCUT2D eigenvalue weighted by Gasteiger charge is -2.18. The molecule has 6 heteroatoms. The van der Waals surface area contributed by atoms with Gasteiger partial charge in [0.25, 0.3) is 5.91 Å². The van der Waals surface area contributed by atoms with Gasteiger partial charge in [-0.3, -0.25) is 4.79 Å². The van der Waals surface area contributed by atoms with E-state index in [9.17, 15) is 18.0 Å². The Hall–Kier alpha value is -3.54. The number of carbonyl (C=O) groups excluding carboxylic acids is 1. The minimum atomic E-state index is -4.34. The van der Waals surface area contributed by atoms with Crippen molar-refractivity contribution < 1.29 is 18.0 Å². The van der Waals surface area contributed by atoms with E-state index in [0.717, 1.165) is 46.1 Å². The summed E-state index contributed by atoms with van der Waals surface area (Å²) in [5.41, 5.74) is 4.11. The van der Waals surface area contributed by atoms with Crippen LogP contribution >= 0.6 is 0 Å². The maximum Gasteiger partial charge on any atom is 0.416 e. The van der Waals surface area contributed by atoms with Gasteiger partial charge >= 0.3 is 6.18 Å². The third-order valence-electron chi connectivity index (χ3n) is 6.74. The van der Waals surface area contributed by atoms with Crippen molar-refractivity contribution in [1.29, 1.82) is 0 Å². The van der Waals surface area contributed by atoms with Gasteiger partial charge in [-0.1, -0.05) is 48.5 Å². The number of hydrogen-bond donors (Lipinski definition) is 0. The highest BCUT2D eigenvalue weighted by Crippen LogP contribution is 2.35. The summed E-state index contributed by atoms with van der Waals surface area (Å²) in [6, 6.07) is 21.1. The molecule has 1 saturated heterocycles. The van der Waals surface area contributed by atoms with Crippen LogP contribution in [0.3, 0.4) is 0 Å². The van der Waals surface area contributed by atoms with Crippen LogP contribution in [0.25, 0.3) is 10.9 Å². The van der Waals surface area contributed by atoms with Crippen molar-refractivity contribution in [2.75, 3.05) is 13.1 Å². The summed E-state index contributed by atoms with van der Waals surface area (Å²) in [5, 5.41) is 1.13. The molecule has 5 rings (SSSR count). The summed E-state index contributed by atoms with van der Waals surface area (Å²) in [4.78, 5) is 15.0. The van der Waals surface area contributed by atoms with E-state index < -0.39 is 11.7 Å². The van der Waals surface area contributed by atoms with Crippen LogP contribution in [0, 0.1) is 6.92 Å². The van der Waals surface area contributed by atoms with Gasteiger partial charge in [0.2, 0.25) is 0 Å². The summed E-state index contributed by atoms with van der Waals surface area (Å²) < 4.78 is 40.8. The molecule has 0 N–H and O–H groups in total. The van der Waals surface area contributed by atoms with Gasteiger partial charge in [0, 0.05) is 48.2 Å². The molecule has 1 fully saturated rings. The first-order valence-electron chi connectivity index (χ1n) is 11.4. The van der Waals surface area contributed by atoms with Crippen molar-refractivity contribution in [2.45, 2.75) is 32.0 Å². The second-order valence-electron chi connectivity index (χ2n) is 8.98. The van der Waals surface area contributed by atoms with Crippen LogP contribution in [0.1, 0.15) is 45.0 Å². The first-order valence-corrected chi connectivity index (χ1v) is 11.4. The predicted octanol–water partition coefficient (Wildman–Crippen LogP) is 6.65. The largest absolute Gasteiger partial charge is 0.416 e. The average molecular weight is 463 g/mol. The molecular formula is C28H25F3N2O. The Bertz CT molecular complexity index is 1340. The molecule has 0 bridgehead atoms. The van der Waals surface area contributed by atoms with Crippen LogP contribution in [-0.2, 0) is 12.7 Å². The van der Waals surface area contributed by atoms with Crippen LogP contribution < -0.4 is 0 Å². The van der Waals surface area contributed by atoms with Gasteiger partial charge in [0.05, 0.1) is 5.56 Å². The van der Waals surface area contributed by atoms with Crippen molar-refractivity contribution in [1.82, 2.24) is 9.47 Å². The fraction of sp³-hybridized carbons (Fsp3) is 0.250. The monoisotopic (exact) mass is 462 g/mol. The molecule has 174 valence electrons. The van der Waals surface area contributed by atoms with Crippen molar-refractivity contribution in [3.05, 3.63) is 107 Å². The molecule has 2 heterocycles. The Kier molecular flexibility index (Phi) is 5.68. The van der Waals surface area contributed by atoms with E-state index in [-0.39, 0.29) is 11.8 Å². The summed E-state index contributed by atoms with van der Waals surface area (Å²) in [5.74, 6) is 0.279. The summed E-state index contributed by atoms with van der Waals surface area (Å²) in [6.45, 7) is 3.80. The molecule has 3 nitrogen and oxygen atoms in total. The second-order valence-corrected chi connectivity index (χ2v) is 8.98. The molecule has 1 amide bonds. The normalized spacial score (nSPS) is 16.4. The number of likely N-dealkylation sites (tertiary alicyclic amines) is 1. The summed E-state index contributed by atoms with van der Waals surface area (Å²) in [6.07, 6.45) is -1.35. The minimum absolute atomic E-state index is 0.0640. The number of aryl methyl sites for hydroxylation is 1. The number of fused-ring (bicyclic) bond motifs is 1. The van der Waals surface area contributed by atoms with Gasteiger partial charge in [-0.25, -0.2) is 0 Å². The number of amides is 1. The van der Waals surface area contributed by atoms with Gasteiger partial charge < -0.3 is 9.47 Å². The molecule has 1 atom stereocenters. The smallest absolute Gasteiger partial charge is 0.343 e. The third-order valence-corrected chi connectivity index (χ3v) is 6.74. The maximum absolute atomic E-state index is 13.1. The SMILES string of the molecule is Cc1ccccc1C(=O)N1CCC(c2cn(Cc3ccc(C(F)(F)F)cc3)c3ccccc23)C1. The van der Waals surface area contributed by atoms with Crippen LogP contribution in [0.15, 0.2) is 79.0 Å². The number of hydrogen-bond acceptors (Lipinski definition) is 1. The standard InChI is InChI=1S/C28H25F3N2O/c1-19-6-2-3-7-23(19)27(34)32-15-14-21(17-32)25-18-33(26-9-5-4-8-24(25)26)16-20-10-12-22(13-11-20)28(29,30)31/h2-13,18,21H,14-17H2,1H3. The van der Waals surface area contributed by atoms with E-state index >= 15 is 0 Å². The molecule has 0 saturated carbocycles. The number of alkyl halides is 3. The predicted molar refractivity (Wildman–Crippen MR) is 127 cm³/mol. The van der Waals surface area contributed by atoms with E-state index in [2.05, 4.69) is 16.8 Å². The quantitative estimate of drug-likeness (QED) is 0.333. The number of aromatic nitrogens is 1. The molecule has 1 unspecified atom stereocenters. The topological polar surface area (TPSA) is 25.2 Å². The van der Waals surface area contributed by atoms with Gasteiger partial charge in [0.15, 0.2) is 0 Å². The number of carbonyl (C=O) groups is 1. The zero-order valence-electron chi connectivity index (χ0n) is 18.8. The lowest BCUT2D eigenvalue weighted by Crippen LogP contribution is -2.29. The lowest BCUT2D eigenvalue weighted by molar-refractivity contribution is -0.137. The van der Waals surface area contributed by atoms with Crippen LogP contribution in [0.2, 0.25) is 0 Å². The maximum atomic E-state index is 13.1. The van der Waals surface area contributed by atoms with Crippen molar-refractivity contribution in [3.8, 4) is 0 Å². The molecule has 1 aliphatic rings. The van der Waals surface area contributed by atoms with Crippen molar-refractivity contribution in [3.63, 3.8) is 0 Å². The molecule has 0 spiro atoms. The number of nitrogens with zero attached hydrogens (tertiary/aromatic N) is 2. The van der Waals surface area contributed by atoms with Gasteiger partial charge in [-0.05, 0) is 54.3 Å². The highest BCUT2D eigenvalue weighted by atomic mass is 19.4. The Morgan fingerprint density at radius 1 is 0.971 bits per heavy atom. The third kappa shape index (κ3) is 4.20. The number of rotatable bonds is 4. The van der Waals surface area contributed by atoms with E-state index in [0.29, 0.717) is 19.6 Å². The van der Waals surface area contributed by atoms with Crippen molar-refractivity contribution in [2.24, 2.45) is 0 Å². The molecule has 4 aromatic rings. The van der Waals surface area contributed by atoms with Crippen LogP contribution in [0.4, 0.5) is 13.2 Å². The first kappa shape index (κ1) is 22.3. The molecule has 3 aromatic carbocycles. The minimum Gasteiger partial charge on any atom is -0.343 e. The highest BCUT2D eigenvalue weighted by molar-refractivity contribution is 5.96. The lowest BCUT2D eigenvalue weighted by atomic mass is 9.98. The zero-order chi connectivity index (χ0) is 23.9. The van der Waals surface area contributed by atoms with E-state index in [1.165, 1.54) is 17.7 Å². The molecular weight excluding hydrogens is 437 g/mol. The summed E-state index contributed by atoms with van der Waals surface area (Å²) in [7, 11) is 0.